The molecule has 2 heterocycles. The normalized spacial score (nSPS) is 11.7. The Labute approximate surface area is 134 Å². The van der Waals surface area contributed by atoms with Crippen LogP contribution in [0.3, 0.4) is 0 Å². The van der Waals surface area contributed by atoms with Gasteiger partial charge in [0.1, 0.15) is 12.4 Å². The molecule has 0 saturated heterocycles. The van der Waals surface area contributed by atoms with E-state index in [1.807, 2.05) is 0 Å². The average molecular weight is 336 g/mol. The molecule has 0 amide bonds. The molecule has 0 unspecified atom stereocenters. The van der Waals surface area contributed by atoms with Gasteiger partial charge in [0.15, 0.2) is 5.82 Å². The zero-order valence-electron chi connectivity index (χ0n) is 12.3. The summed E-state index contributed by atoms with van der Waals surface area (Å²) in [6.45, 7) is -0.379. The van der Waals surface area contributed by atoms with Gasteiger partial charge in [-0.1, -0.05) is 18.2 Å². The summed E-state index contributed by atoms with van der Waals surface area (Å²) in [5.41, 5.74) is 0.729. The molecule has 0 N–H and O–H groups in total. The van der Waals surface area contributed by atoms with Gasteiger partial charge in [-0.3, -0.25) is 4.68 Å². The lowest BCUT2D eigenvalue weighted by molar-refractivity contribution is -0.141. The molecule has 0 fully saturated rings. The van der Waals surface area contributed by atoms with E-state index in [9.17, 15) is 17.6 Å². The Balaban J connectivity index is 1.96. The number of aryl methyl sites for hydroxylation is 1. The minimum absolute atomic E-state index is 0.0186. The van der Waals surface area contributed by atoms with Crippen LogP contribution < -0.4 is 0 Å². The van der Waals surface area contributed by atoms with Gasteiger partial charge < -0.3 is 0 Å². The summed E-state index contributed by atoms with van der Waals surface area (Å²) in [7, 11) is 0. The van der Waals surface area contributed by atoms with Crippen LogP contribution in [0, 0.1) is 0 Å². The topological polar surface area (TPSA) is 43.6 Å². The molecule has 0 spiro atoms. The van der Waals surface area contributed by atoms with Gasteiger partial charge >= 0.3 is 6.18 Å². The Kier molecular flexibility index (Phi) is 4.28. The monoisotopic (exact) mass is 336 g/mol. The predicted molar refractivity (Wildman–Crippen MR) is 79.7 cm³/mol. The highest BCUT2D eigenvalue weighted by molar-refractivity contribution is 5.67. The fraction of sp³-hybridized carbons (Fsp3) is 0.188. The van der Waals surface area contributed by atoms with E-state index in [1.54, 1.807) is 36.5 Å². The Morgan fingerprint density at radius 3 is 2.58 bits per heavy atom. The molecule has 8 heteroatoms. The summed E-state index contributed by atoms with van der Waals surface area (Å²) < 4.78 is 52.1. The minimum atomic E-state index is -4.53. The lowest BCUT2D eigenvalue weighted by Crippen LogP contribution is -2.09. The van der Waals surface area contributed by atoms with Gasteiger partial charge in [0.2, 0.25) is 0 Å². The van der Waals surface area contributed by atoms with Crippen molar-refractivity contribution in [2.75, 3.05) is 6.67 Å². The van der Waals surface area contributed by atoms with Crippen LogP contribution >= 0.6 is 0 Å². The van der Waals surface area contributed by atoms with Crippen molar-refractivity contribution in [3.05, 3.63) is 54.5 Å². The van der Waals surface area contributed by atoms with Crippen LogP contribution in [0.1, 0.15) is 5.69 Å². The standard InChI is InChI=1S/C16H12F4N4/c17-6-9-24-8-5-13(23-24)11-2-1-3-12(10-11)15-21-7-4-14(22-15)16(18,19)20/h1-5,7-8,10H,6,9H2. The van der Waals surface area contributed by atoms with Gasteiger partial charge in [-0.05, 0) is 18.2 Å². The second-order valence-electron chi connectivity index (χ2n) is 5.00. The van der Waals surface area contributed by atoms with Crippen LogP contribution in [0.5, 0.6) is 0 Å². The van der Waals surface area contributed by atoms with E-state index < -0.39 is 18.5 Å². The molecule has 0 aliphatic rings. The Hall–Kier alpha value is -2.77. The van der Waals surface area contributed by atoms with Crippen LogP contribution in [-0.4, -0.2) is 26.4 Å². The lowest BCUT2D eigenvalue weighted by atomic mass is 10.1. The molecule has 4 nitrogen and oxygen atoms in total. The molecular formula is C16H12F4N4. The number of hydrogen-bond acceptors (Lipinski definition) is 3. The fourth-order valence-electron chi connectivity index (χ4n) is 2.20. The van der Waals surface area contributed by atoms with Gasteiger partial charge in [0, 0.05) is 23.5 Å². The third-order valence-electron chi connectivity index (χ3n) is 3.32. The molecule has 24 heavy (non-hydrogen) atoms. The lowest BCUT2D eigenvalue weighted by Gasteiger charge is -2.07. The number of halogens is 4. The first-order valence-corrected chi connectivity index (χ1v) is 7.08. The van der Waals surface area contributed by atoms with E-state index in [4.69, 9.17) is 0 Å². The summed E-state index contributed by atoms with van der Waals surface area (Å²) >= 11 is 0. The number of rotatable bonds is 4. The molecule has 0 saturated carbocycles. The zero-order chi connectivity index (χ0) is 17.2. The number of hydrogen-bond donors (Lipinski definition) is 0. The highest BCUT2D eigenvalue weighted by atomic mass is 19.4. The maximum absolute atomic E-state index is 12.8. The molecule has 0 bridgehead atoms. The molecule has 2 aromatic heterocycles. The van der Waals surface area contributed by atoms with E-state index >= 15 is 0 Å². The van der Waals surface area contributed by atoms with Gasteiger partial charge in [-0.2, -0.15) is 18.3 Å². The molecule has 0 aliphatic carbocycles. The van der Waals surface area contributed by atoms with Gasteiger partial charge in [0.25, 0.3) is 0 Å². The molecule has 124 valence electrons. The second-order valence-corrected chi connectivity index (χ2v) is 5.00. The van der Waals surface area contributed by atoms with Crippen LogP contribution in [-0.2, 0) is 12.7 Å². The number of aromatic nitrogens is 4. The molecule has 1 aromatic carbocycles. The molecule has 0 aliphatic heterocycles. The number of benzene rings is 1. The first-order valence-electron chi connectivity index (χ1n) is 7.08. The molecule has 3 aromatic rings. The van der Waals surface area contributed by atoms with Crippen molar-refractivity contribution >= 4 is 0 Å². The summed E-state index contributed by atoms with van der Waals surface area (Å²) in [6.07, 6.45) is -1.81. The first kappa shape index (κ1) is 16.1. The third-order valence-corrected chi connectivity index (χ3v) is 3.32. The second kappa shape index (κ2) is 6.38. The van der Waals surface area contributed by atoms with Crippen LogP contribution in [0.4, 0.5) is 17.6 Å². The van der Waals surface area contributed by atoms with Gasteiger partial charge in [0.05, 0.1) is 12.2 Å². The predicted octanol–water partition coefficient (Wildman–Crippen LogP) is 4.00. The van der Waals surface area contributed by atoms with Crippen LogP contribution in [0.25, 0.3) is 22.6 Å². The first-order chi connectivity index (χ1) is 11.5. The zero-order valence-corrected chi connectivity index (χ0v) is 12.3. The van der Waals surface area contributed by atoms with Crippen molar-refractivity contribution in [1.82, 2.24) is 19.7 Å². The van der Waals surface area contributed by atoms with E-state index in [1.165, 1.54) is 4.68 Å². The number of nitrogens with zero attached hydrogens (tertiary/aromatic N) is 4. The van der Waals surface area contributed by atoms with Crippen molar-refractivity contribution in [3.8, 4) is 22.6 Å². The average Bonchev–Trinajstić information content (AvgIpc) is 3.03. The summed E-state index contributed by atoms with van der Waals surface area (Å²) in [6, 6.07) is 9.25. The van der Waals surface area contributed by atoms with E-state index in [0.717, 1.165) is 12.3 Å². The van der Waals surface area contributed by atoms with Crippen molar-refractivity contribution in [2.24, 2.45) is 0 Å². The SMILES string of the molecule is FCCn1ccc(-c2cccc(-c3nccc(C(F)(F)F)n3)c2)n1. The summed E-state index contributed by atoms with van der Waals surface area (Å²) in [5, 5.41) is 4.22. The smallest absolute Gasteiger partial charge is 0.269 e. The van der Waals surface area contributed by atoms with Gasteiger partial charge in [-0.15, -0.1) is 0 Å². The number of alkyl halides is 4. The van der Waals surface area contributed by atoms with Crippen molar-refractivity contribution < 1.29 is 17.6 Å². The molecule has 0 atom stereocenters. The van der Waals surface area contributed by atoms with Crippen molar-refractivity contribution in [2.45, 2.75) is 12.7 Å². The molecule has 3 rings (SSSR count). The maximum atomic E-state index is 12.8. The Morgan fingerprint density at radius 1 is 1.04 bits per heavy atom. The van der Waals surface area contributed by atoms with Crippen LogP contribution in [0.2, 0.25) is 0 Å². The minimum Gasteiger partial charge on any atom is -0.269 e. The highest BCUT2D eigenvalue weighted by Gasteiger charge is 2.32. The Bertz CT molecular complexity index is 842. The van der Waals surface area contributed by atoms with E-state index in [-0.39, 0.29) is 12.4 Å². The van der Waals surface area contributed by atoms with E-state index in [0.29, 0.717) is 16.8 Å². The fourth-order valence-corrected chi connectivity index (χ4v) is 2.20. The highest BCUT2D eigenvalue weighted by Crippen LogP contribution is 2.29. The van der Waals surface area contributed by atoms with E-state index in [2.05, 4.69) is 15.1 Å². The maximum Gasteiger partial charge on any atom is 0.433 e. The third kappa shape index (κ3) is 3.42. The van der Waals surface area contributed by atoms with Crippen LogP contribution in [0.15, 0.2) is 48.8 Å². The molecule has 0 radical (unpaired) electrons. The summed E-state index contributed by atoms with van der Waals surface area (Å²) in [4.78, 5) is 7.48. The summed E-state index contributed by atoms with van der Waals surface area (Å²) in [5.74, 6) is -0.0186. The molecular weight excluding hydrogens is 324 g/mol. The Morgan fingerprint density at radius 2 is 1.83 bits per heavy atom. The largest absolute Gasteiger partial charge is 0.433 e. The van der Waals surface area contributed by atoms with Crippen molar-refractivity contribution in [3.63, 3.8) is 0 Å². The quantitative estimate of drug-likeness (QED) is 0.677. The van der Waals surface area contributed by atoms with Gasteiger partial charge in [-0.25, -0.2) is 14.4 Å². The van der Waals surface area contributed by atoms with Crippen molar-refractivity contribution in [1.29, 1.82) is 0 Å².